The fourth-order valence-electron chi connectivity index (χ4n) is 3.11. The fourth-order valence-corrected chi connectivity index (χ4v) is 3.82. The molecule has 1 aromatic carbocycles. The molecule has 3 atom stereocenters. The van der Waals surface area contributed by atoms with Crippen LogP contribution in [-0.4, -0.2) is 35.2 Å². The average Bonchev–Trinajstić information content (AvgIpc) is 3.23. The smallest absolute Gasteiger partial charge is 0.254 e. The molecule has 30 heavy (non-hydrogen) atoms. The number of nitrogens with one attached hydrogen (secondary N) is 1. The van der Waals surface area contributed by atoms with Gasteiger partial charge < -0.3 is 16.2 Å². The molecule has 0 spiro atoms. The molecule has 2 rings (SSSR count). The predicted molar refractivity (Wildman–Crippen MR) is 118 cm³/mol. The van der Waals surface area contributed by atoms with Crippen molar-refractivity contribution in [3.05, 3.63) is 64.7 Å². The van der Waals surface area contributed by atoms with E-state index in [1.54, 1.807) is 17.8 Å². The van der Waals surface area contributed by atoms with Crippen LogP contribution in [0.1, 0.15) is 36.6 Å². The Balaban J connectivity index is 1.90. The van der Waals surface area contributed by atoms with E-state index in [4.69, 9.17) is 5.73 Å². The molecule has 1 unspecified atom stereocenters. The molecule has 2 aromatic rings. The van der Waals surface area contributed by atoms with Crippen LogP contribution in [0.3, 0.4) is 0 Å². The number of primary amides is 1. The normalized spacial score (nSPS) is 15.2. The van der Waals surface area contributed by atoms with Gasteiger partial charge in [0.2, 0.25) is 5.91 Å². The van der Waals surface area contributed by atoms with E-state index in [-0.39, 0.29) is 25.2 Å². The summed E-state index contributed by atoms with van der Waals surface area (Å²) in [6.07, 6.45) is 2.31. The lowest BCUT2D eigenvalue weighted by Gasteiger charge is -2.23. The van der Waals surface area contributed by atoms with Gasteiger partial charge in [0.15, 0.2) is 5.67 Å². The van der Waals surface area contributed by atoms with Gasteiger partial charge in [-0.3, -0.25) is 9.59 Å². The van der Waals surface area contributed by atoms with E-state index >= 15 is 0 Å². The molecule has 0 saturated carbocycles. The molecular weight excluding hydrogens is 403 g/mol. The average molecular weight is 434 g/mol. The molecular formula is C23H30FN2O3S. The molecule has 1 aromatic heterocycles. The monoisotopic (exact) mass is 433 g/mol. The number of nitrogens with two attached hydrogens (primary N) is 1. The fraction of sp³-hybridized carbons (Fsp3) is 0.435. The summed E-state index contributed by atoms with van der Waals surface area (Å²) in [5, 5.41) is 15.3. The highest BCUT2D eigenvalue weighted by molar-refractivity contribution is 7.09. The minimum absolute atomic E-state index is 0.122. The number of amides is 2. The Morgan fingerprint density at radius 1 is 1.27 bits per heavy atom. The number of carbonyl (C=O) groups is 2. The minimum atomic E-state index is -2.19. The second-order valence-corrected chi connectivity index (χ2v) is 8.68. The molecule has 0 aliphatic rings. The van der Waals surface area contributed by atoms with Gasteiger partial charge in [0.05, 0.1) is 6.10 Å². The maximum absolute atomic E-state index is 14.3. The summed E-state index contributed by atoms with van der Waals surface area (Å²) in [5.74, 6) is -1.92. The van der Waals surface area contributed by atoms with Gasteiger partial charge in [-0.25, -0.2) is 4.39 Å². The molecule has 4 N–H and O–H groups in total. The van der Waals surface area contributed by atoms with Crippen LogP contribution < -0.4 is 11.1 Å². The van der Waals surface area contributed by atoms with Gasteiger partial charge in [-0.05, 0) is 62.5 Å². The number of aliphatic hydroxyl groups excluding tert-OH is 1. The molecule has 1 heterocycles. The van der Waals surface area contributed by atoms with Crippen molar-refractivity contribution < 1.29 is 19.1 Å². The lowest BCUT2D eigenvalue weighted by molar-refractivity contribution is -0.131. The molecule has 7 heteroatoms. The Hall–Kier alpha value is -2.25. The zero-order chi connectivity index (χ0) is 22.0. The topological polar surface area (TPSA) is 92.4 Å². The van der Waals surface area contributed by atoms with Gasteiger partial charge in [0, 0.05) is 17.3 Å². The van der Waals surface area contributed by atoms with E-state index in [9.17, 15) is 19.1 Å². The number of hydrogen-bond acceptors (Lipinski definition) is 4. The van der Waals surface area contributed by atoms with Crippen molar-refractivity contribution in [3.8, 4) is 0 Å². The van der Waals surface area contributed by atoms with Crippen molar-refractivity contribution >= 4 is 23.2 Å². The van der Waals surface area contributed by atoms with Crippen LogP contribution >= 0.6 is 11.3 Å². The summed E-state index contributed by atoms with van der Waals surface area (Å²) < 4.78 is 14.3. The summed E-state index contributed by atoms with van der Waals surface area (Å²) in [4.78, 5) is 25.1. The van der Waals surface area contributed by atoms with Crippen molar-refractivity contribution in [2.75, 3.05) is 6.54 Å². The van der Waals surface area contributed by atoms with E-state index in [1.165, 1.54) is 0 Å². The van der Waals surface area contributed by atoms with Gasteiger partial charge in [-0.2, -0.15) is 0 Å². The summed E-state index contributed by atoms with van der Waals surface area (Å²) in [6, 6.07) is 13.6. The number of benzene rings is 1. The Morgan fingerprint density at radius 3 is 2.63 bits per heavy atom. The molecule has 1 radical (unpaired) electrons. The van der Waals surface area contributed by atoms with Crippen molar-refractivity contribution in [1.82, 2.24) is 5.32 Å². The molecule has 163 valence electrons. The van der Waals surface area contributed by atoms with Crippen LogP contribution in [0.15, 0.2) is 47.8 Å². The highest BCUT2D eigenvalue weighted by Gasteiger charge is 2.33. The summed E-state index contributed by atoms with van der Waals surface area (Å²) in [7, 11) is 0. The number of aliphatic hydroxyl groups is 1. The van der Waals surface area contributed by atoms with Crippen molar-refractivity contribution in [2.24, 2.45) is 11.7 Å². The zero-order valence-corrected chi connectivity index (χ0v) is 18.0. The van der Waals surface area contributed by atoms with E-state index in [0.29, 0.717) is 19.4 Å². The highest BCUT2D eigenvalue weighted by atomic mass is 32.1. The number of rotatable bonds is 13. The third kappa shape index (κ3) is 8.24. The number of thiophene rings is 1. The third-order valence-corrected chi connectivity index (χ3v) is 6.03. The minimum Gasteiger partial charge on any atom is -0.393 e. The predicted octanol–water partition coefficient (Wildman–Crippen LogP) is 3.21. The van der Waals surface area contributed by atoms with Crippen LogP contribution in [0.25, 0.3) is 0 Å². The molecule has 0 saturated heterocycles. The Morgan fingerprint density at radius 2 is 2.00 bits per heavy atom. The second-order valence-electron chi connectivity index (χ2n) is 7.65. The van der Waals surface area contributed by atoms with Gasteiger partial charge in [0.1, 0.15) is 0 Å². The van der Waals surface area contributed by atoms with Crippen LogP contribution in [0.2, 0.25) is 0 Å². The number of halogens is 1. The Labute approximate surface area is 181 Å². The Kier molecular flexibility index (Phi) is 9.46. The summed E-state index contributed by atoms with van der Waals surface area (Å²) >= 11 is 1.62. The van der Waals surface area contributed by atoms with Crippen molar-refractivity contribution in [2.45, 2.75) is 50.8 Å². The van der Waals surface area contributed by atoms with Crippen LogP contribution in [-0.2, 0) is 22.4 Å². The standard InChI is InChI=1S/C23H30FN2O3S/c1-23(24,22(25)29)13-11-18(21(28)26-14-12-20-8-5-15-30-20)16-19(27)10-9-17-6-3-2-4-7-17/h2-8,10,15,18-19,27H,9,11-14,16H2,1H3,(H2,25,29)(H,26,28)/t18-,19+,23?/m1/s1. The second kappa shape index (κ2) is 11.8. The summed E-state index contributed by atoms with van der Waals surface area (Å²) in [6.45, 7) is 1.58. The molecule has 0 aliphatic heterocycles. The highest BCUT2D eigenvalue weighted by Crippen LogP contribution is 2.24. The SMILES string of the molecule is CC(F)(CC[C@H](C[C@@H](O)[CH]Cc1ccccc1)C(=O)NCCc1cccs1)C(N)=O. The molecule has 0 aliphatic carbocycles. The lowest BCUT2D eigenvalue weighted by Crippen LogP contribution is -2.39. The maximum Gasteiger partial charge on any atom is 0.254 e. The largest absolute Gasteiger partial charge is 0.393 e. The third-order valence-electron chi connectivity index (χ3n) is 5.09. The summed E-state index contributed by atoms with van der Waals surface area (Å²) in [5.41, 5.74) is 3.98. The molecule has 2 amide bonds. The lowest BCUT2D eigenvalue weighted by atomic mass is 9.88. The van der Waals surface area contributed by atoms with Crippen molar-refractivity contribution in [1.29, 1.82) is 0 Å². The van der Waals surface area contributed by atoms with Gasteiger partial charge in [-0.15, -0.1) is 11.3 Å². The Bertz CT molecular complexity index is 781. The molecule has 0 bridgehead atoms. The molecule has 0 fully saturated rings. The van der Waals surface area contributed by atoms with E-state index in [1.807, 2.05) is 47.8 Å². The molecule has 5 nitrogen and oxygen atoms in total. The first-order chi connectivity index (χ1) is 14.3. The first kappa shape index (κ1) is 24.0. The number of carbonyl (C=O) groups excluding carboxylic acids is 2. The van der Waals surface area contributed by atoms with E-state index in [0.717, 1.165) is 17.4 Å². The van der Waals surface area contributed by atoms with Gasteiger partial charge >= 0.3 is 0 Å². The van der Waals surface area contributed by atoms with Crippen LogP contribution in [0.4, 0.5) is 4.39 Å². The first-order valence-electron chi connectivity index (χ1n) is 10.1. The number of alkyl halides is 1. The quantitative estimate of drug-likeness (QED) is 0.453. The van der Waals surface area contributed by atoms with Crippen LogP contribution in [0, 0.1) is 12.3 Å². The first-order valence-corrected chi connectivity index (χ1v) is 11.0. The van der Waals surface area contributed by atoms with Crippen LogP contribution in [0.5, 0.6) is 0 Å². The zero-order valence-electron chi connectivity index (χ0n) is 17.2. The van der Waals surface area contributed by atoms with Gasteiger partial charge in [0.25, 0.3) is 5.91 Å². The number of hydrogen-bond donors (Lipinski definition) is 3. The van der Waals surface area contributed by atoms with E-state index in [2.05, 4.69) is 5.32 Å². The van der Waals surface area contributed by atoms with Gasteiger partial charge in [-0.1, -0.05) is 36.4 Å². The maximum atomic E-state index is 14.3. The van der Waals surface area contributed by atoms with Crippen molar-refractivity contribution in [3.63, 3.8) is 0 Å². The van der Waals surface area contributed by atoms with E-state index < -0.39 is 23.6 Å².